The van der Waals surface area contributed by atoms with Crippen LogP contribution in [0.2, 0.25) is 5.02 Å². The van der Waals surface area contributed by atoms with Gasteiger partial charge in [0.05, 0.1) is 10.7 Å². The van der Waals surface area contributed by atoms with E-state index in [-0.39, 0.29) is 5.91 Å². The zero-order chi connectivity index (χ0) is 14.8. The van der Waals surface area contributed by atoms with Gasteiger partial charge in [-0.15, -0.1) is 0 Å². The molecule has 3 nitrogen and oxygen atoms in total. The minimum atomic E-state index is -0.110. The third kappa shape index (κ3) is 4.14. The summed E-state index contributed by atoms with van der Waals surface area (Å²) < 4.78 is 0. The van der Waals surface area contributed by atoms with Crippen LogP contribution >= 0.6 is 11.6 Å². The Hall–Kier alpha value is -1.22. The Morgan fingerprint density at radius 3 is 2.75 bits per heavy atom. The van der Waals surface area contributed by atoms with Crippen molar-refractivity contribution in [3.63, 3.8) is 0 Å². The highest BCUT2D eigenvalue weighted by atomic mass is 35.5. The summed E-state index contributed by atoms with van der Waals surface area (Å²) >= 11 is 6.19. The van der Waals surface area contributed by atoms with Crippen LogP contribution in [0.1, 0.15) is 46.5 Å². The van der Waals surface area contributed by atoms with E-state index in [1.54, 1.807) is 0 Å². The molecule has 1 fully saturated rings. The third-order valence-electron chi connectivity index (χ3n) is 3.86. The smallest absolute Gasteiger partial charge is 0.221 e. The summed E-state index contributed by atoms with van der Waals surface area (Å²) in [7, 11) is 0. The average Bonchev–Trinajstić information content (AvgIpc) is 2.31. The topological polar surface area (TPSA) is 41.1 Å². The molecule has 2 rings (SSSR count). The minimum absolute atomic E-state index is 0.110. The molecule has 0 bridgehead atoms. The molecule has 110 valence electrons. The van der Waals surface area contributed by atoms with Gasteiger partial charge < -0.3 is 10.6 Å². The van der Waals surface area contributed by atoms with E-state index in [0.717, 1.165) is 5.69 Å². The van der Waals surface area contributed by atoms with Gasteiger partial charge in [-0.3, -0.25) is 4.79 Å². The van der Waals surface area contributed by atoms with Gasteiger partial charge >= 0.3 is 0 Å². The van der Waals surface area contributed by atoms with Crippen LogP contribution in [0, 0.1) is 5.41 Å². The zero-order valence-electron chi connectivity index (χ0n) is 12.4. The van der Waals surface area contributed by atoms with Crippen molar-refractivity contribution in [2.75, 3.05) is 10.6 Å². The lowest BCUT2D eigenvalue weighted by atomic mass is 9.75. The van der Waals surface area contributed by atoms with Crippen molar-refractivity contribution in [3.8, 4) is 0 Å². The fourth-order valence-corrected chi connectivity index (χ4v) is 3.18. The summed E-state index contributed by atoms with van der Waals surface area (Å²) in [4.78, 5) is 11.1. The highest BCUT2D eigenvalue weighted by Crippen LogP contribution is 2.36. The number of carbonyl (C=O) groups is 1. The number of rotatable bonds is 3. The number of amides is 1. The molecule has 0 aromatic heterocycles. The Balaban J connectivity index is 2.03. The van der Waals surface area contributed by atoms with Crippen molar-refractivity contribution in [2.45, 2.75) is 52.5 Å². The van der Waals surface area contributed by atoms with Gasteiger partial charge in [0.15, 0.2) is 0 Å². The summed E-state index contributed by atoms with van der Waals surface area (Å²) in [5, 5.41) is 6.85. The van der Waals surface area contributed by atoms with E-state index in [2.05, 4.69) is 24.5 Å². The van der Waals surface area contributed by atoms with Crippen LogP contribution in [0.15, 0.2) is 18.2 Å². The Labute approximate surface area is 126 Å². The molecule has 0 spiro atoms. The number of nitrogens with one attached hydrogen (secondary N) is 2. The van der Waals surface area contributed by atoms with Crippen LogP contribution < -0.4 is 10.6 Å². The Morgan fingerprint density at radius 2 is 2.15 bits per heavy atom. The lowest BCUT2D eigenvalue weighted by Crippen LogP contribution is -2.31. The first-order valence-corrected chi connectivity index (χ1v) is 7.57. The fraction of sp³-hybridized carbons (Fsp3) is 0.562. The predicted octanol–water partition coefficient (Wildman–Crippen LogP) is 4.68. The average molecular weight is 295 g/mol. The molecule has 1 aromatic rings. The third-order valence-corrected chi connectivity index (χ3v) is 4.17. The number of benzene rings is 1. The maximum absolute atomic E-state index is 11.1. The molecule has 0 heterocycles. The molecule has 0 saturated heterocycles. The Bertz CT molecular complexity index is 499. The maximum Gasteiger partial charge on any atom is 0.221 e. The molecule has 1 atom stereocenters. The van der Waals surface area contributed by atoms with Crippen molar-refractivity contribution in [1.29, 1.82) is 0 Å². The summed E-state index contributed by atoms with van der Waals surface area (Å²) in [6.45, 7) is 6.13. The zero-order valence-corrected chi connectivity index (χ0v) is 13.2. The minimum Gasteiger partial charge on any atom is -0.382 e. The largest absolute Gasteiger partial charge is 0.382 e. The van der Waals surface area contributed by atoms with Crippen molar-refractivity contribution >= 4 is 28.9 Å². The van der Waals surface area contributed by atoms with Gasteiger partial charge in [-0.1, -0.05) is 31.9 Å². The van der Waals surface area contributed by atoms with Crippen LogP contribution in [0.4, 0.5) is 11.4 Å². The summed E-state index contributed by atoms with van der Waals surface area (Å²) in [6.07, 6.45) is 4.95. The summed E-state index contributed by atoms with van der Waals surface area (Å²) in [6, 6.07) is 6.20. The standard InChI is InChI=1S/C16H23ClN2O/c1-11(20)18-15-7-6-12(9-14(15)17)19-13-5-4-8-16(2,3)10-13/h6-7,9,13,19H,4-5,8,10H2,1-3H3,(H,18,20). The van der Waals surface area contributed by atoms with E-state index in [1.807, 2.05) is 18.2 Å². The van der Waals surface area contributed by atoms with Gasteiger partial charge in [0, 0.05) is 18.7 Å². The SMILES string of the molecule is CC(=O)Nc1ccc(NC2CCCC(C)(C)C2)cc1Cl. The van der Waals surface area contributed by atoms with E-state index in [9.17, 15) is 4.79 Å². The first-order chi connectivity index (χ1) is 9.35. The molecule has 1 aliphatic carbocycles. The number of hydrogen-bond acceptors (Lipinski definition) is 2. The van der Waals surface area contributed by atoms with E-state index in [4.69, 9.17) is 11.6 Å². The van der Waals surface area contributed by atoms with Gasteiger partial charge in [0.1, 0.15) is 0 Å². The number of anilines is 2. The number of halogens is 1. The molecule has 1 unspecified atom stereocenters. The van der Waals surface area contributed by atoms with E-state index in [1.165, 1.54) is 32.6 Å². The maximum atomic E-state index is 11.1. The van der Waals surface area contributed by atoms with Crippen LogP contribution in [0.5, 0.6) is 0 Å². The van der Waals surface area contributed by atoms with Gasteiger partial charge in [0.25, 0.3) is 0 Å². The van der Waals surface area contributed by atoms with E-state index >= 15 is 0 Å². The Morgan fingerprint density at radius 1 is 1.40 bits per heavy atom. The summed E-state index contributed by atoms with van der Waals surface area (Å²) in [5.74, 6) is -0.110. The van der Waals surface area contributed by atoms with Crippen molar-refractivity contribution < 1.29 is 4.79 Å². The van der Waals surface area contributed by atoms with Crippen molar-refractivity contribution in [2.24, 2.45) is 5.41 Å². The van der Waals surface area contributed by atoms with Crippen molar-refractivity contribution in [3.05, 3.63) is 23.2 Å². The van der Waals surface area contributed by atoms with E-state index < -0.39 is 0 Å². The normalized spacial score (nSPS) is 21.3. The molecule has 2 N–H and O–H groups in total. The predicted molar refractivity (Wildman–Crippen MR) is 85.4 cm³/mol. The highest BCUT2D eigenvalue weighted by Gasteiger charge is 2.27. The molecule has 1 aromatic carbocycles. The van der Waals surface area contributed by atoms with Crippen molar-refractivity contribution in [1.82, 2.24) is 0 Å². The molecule has 1 aliphatic rings. The second-order valence-electron chi connectivity index (χ2n) is 6.48. The van der Waals surface area contributed by atoms with Gasteiger partial charge in [0.2, 0.25) is 5.91 Å². The lowest BCUT2D eigenvalue weighted by Gasteiger charge is -2.36. The second-order valence-corrected chi connectivity index (χ2v) is 6.88. The van der Waals surface area contributed by atoms with Crippen LogP contribution in [-0.2, 0) is 4.79 Å². The molecule has 20 heavy (non-hydrogen) atoms. The van der Waals surface area contributed by atoms with Crippen LogP contribution in [-0.4, -0.2) is 11.9 Å². The fourth-order valence-electron chi connectivity index (χ4n) is 2.95. The van der Waals surface area contributed by atoms with Gasteiger partial charge in [-0.05, 0) is 42.9 Å². The Kier molecular flexibility index (Phi) is 4.59. The first-order valence-electron chi connectivity index (χ1n) is 7.19. The number of carbonyl (C=O) groups excluding carboxylic acids is 1. The van der Waals surface area contributed by atoms with E-state index in [0.29, 0.717) is 22.2 Å². The second kappa shape index (κ2) is 6.04. The lowest BCUT2D eigenvalue weighted by molar-refractivity contribution is -0.114. The molecular weight excluding hydrogens is 272 g/mol. The van der Waals surface area contributed by atoms with Crippen LogP contribution in [0.25, 0.3) is 0 Å². The van der Waals surface area contributed by atoms with Crippen LogP contribution in [0.3, 0.4) is 0 Å². The number of hydrogen-bond donors (Lipinski definition) is 2. The molecule has 0 aliphatic heterocycles. The molecule has 4 heteroatoms. The van der Waals surface area contributed by atoms with Gasteiger partial charge in [-0.25, -0.2) is 0 Å². The molecule has 1 saturated carbocycles. The summed E-state index contributed by atoms with van der Waals surface area (Å²) in [5.41, 5.74) is 2.09. The molecule has 1 amide bonds. The monoisotopic (exact) mass is 294 g/mol. The molecule has 0 radical (unpaired) electrons. The highest BCUT2D eigenvalue weighted by molar-refractivity contribution is 6.34. The molecular formula is C16H23ClN2O. The first kappa shape index (κ1) is 15.2. The quantitative estimate of drug-likeness (QED) is 0.850. The van der Waals surface area contributed by atoms with Gasteiger partial charge in [-0.2, -0.15) is 0 Å².